The molecule has 1 saturated carbocycles. The number of benzene rings is 2. The minimum atomic E-state index is -0.900. The Hall–Kier alpha value is -3.16. The van der Waals surface area contributed by atoms with Crippen molar-refractivity contribution in [3.63, 3.8) is 0 Å². The van der Waals surface area contributed by atoms with Gasteiger partial charge >= 0.3 is 5.97 Å². The summed E-state index contributed by atoms with van der Waals surface area (Å²) >= 11 is 0. The van der Waals surface area contributed by atoms with E-state index in [0.717, 1.165) is 74.4 Å². The van der Waals surface area contributed by atoms with E-state index in [4.69, 9.17) is 9.84 Å². The Bertz CT molecular complexity index is 1320. The van der Waals surface area contributed by atoms with Crippen LogP contribution in [0.15, 0.2) is 66.2 Å². The largest absolute Gasteiger partial charge is 0.497 e. The predicted molar refractivity (Wildman–Crippen MR) is 157 cm³/mol. The zero-order valence-electron chi connectivity index (χ0n) is 23.3. The molecule has 0 spiro atoms. The van der Waals surface area contributed by atoms with Gasteiger partial charge in [0.05, 0.1) is 12.8 Å². The number of ether oxygens (including phenoxy) is 1. The van der Waals surface area contributed by atoms with Crippen LogP contribution in [0.2, 0.25) is 0 Å². The number of nitrogens with zero attached hydrogens (tertiary/aromatic N) is 3. The molecule has 1 aliphatic carbocycles. The Morgan fingerprint density at radius 2 is 1.88 bits per heavy atom. The zero-order valence-corrected chi connectivity index (χ0v) is 24.1. The quantitative estimate of drug-likeness (QED) is 0.301. The van der Waals surface area contributed by atoms with Gasteiger partial charge in [-0.25, -0.2) is 9.18 Å². The lowest BCUT2D eigenvalue weighted by atomic mass is 9.87. The van der Waals surface area contributed by atoms with Crippen LogP contribution in [0.25, 0.3) is 0 Å². The van der Waals surface area contributed by atoms with Gasteiger partial charge in [-0.2, -0.15) is 5.10 Å². The van der Waals surface area contributed by atoms with E-state index in [1.54, 1.807) is 19.2 Å². The van der Waals surface area contributed by atoms with Crippen LogP contribution in [0.5, 0.6) is 5.75 Å². The summed E-state index contributed by atoms with van der Waals surface area (Å²) in [6.07, 6.45) is 5.74. The third kappa shape index (κ3) is 7.12. The Balaban J connectivity index is 0.00000370. The molecule has 5 rings (SSSR count). The summed E-state index contributed by atoms with van der Waals surface area (Å²) in [5.74, 6) is 0.630. The van der Waals surface area contributed by atoms with Crippen LogP contribution in [0, 0.1) is 11.7 Å². The van der Waals surface area contributed by atoms with Crippen molar-refractivity contribution in [2.75, 3.05) is 26.7 Å². The normalized spacial score (nSPS) is 20.9. The van der Waals surface area contributed by atoms with Gasteiger partial charge in [0.15, 0.2) is 0 Å². The first kappa shape index (κ1) is 29.8. The molecule has 1 aromatic heterocycles. The highest BCUT2D eigenvalue weighted by atomic mass is 35.5. The van der Waals surface area contributed by atoms with Crippen LogP contribution < -0.4 is 4.74 Å². The molecule has 2 unspecified atom stereocenters. The van der Waals surface area contributed by atoms with Crippen molar-refractivity contribution >= 4 is 18.4 Å². The molecule has 2 aliphatic rings. The Morgan fingerprint density at radius 1 is 1.12 bits per heavy atom. The first-order valence-corrected chi connectivity index (χ1v) is 14.0. The van der Waals surface area contributed by atoms with Crippen molar-refractivity contribution in [3.8, 4) is 5.75 Å². The van der Waals surface area contributed by atoms with Crippen molar-refractivity contribution in [3.05, 3.63) is 94.6 Å². The van der Waals surface area contributed by atoms with Crippen LogP contribution in [-0.2, 0) is 17.8 Å². The molecule has 214 valence electrons. The van der Waals surface area contributed by atoms with Gasteiger partial charge in [-0.3, -0.25) is 4.68 Å². The van der Waals surface area contributed by atoms with Crippen molar-refractivity contribution in [2.45, 2.75) is 57.4 Å². The number of carboxylic acids is 1. The fourth-order valence-electron chi connectivity index (χ4n) is 6.47. The molecule has 0 radical (unpaired) electrons. The maximum atomic E-state index is 14.0. The molecule has 2 aromatic carbocycles. The predicted octanol–water partition coefficient (Wildman–Crippen LogP) is 6.45. The lowest BCUT2D eigenvalue weighted by Gasteiger charge is -2.35. The van der Waals surface area contributed by atoms with E-state index >= 15 is 0 Å². The number of aliphatic carboxylic acids is 1. The molecule has 2 fully saturated rings. The molecule has 3 aromatic rings. The standard InChI is InChI=1S/C32H38FN3O3.ClH/c1-3-36-31(20-28(34-36)16-22-7-9-29(39-2)10-8-22)24-11-13-35(14-12-24)21-26-15-23(18-32(37)38)17-30(26)25-5-4-6-27(33)19-25;/h4-10,18-20,24,26,30H,3,11-17,21H2,1-2H3,(H,37,38);1H. The fraction of sp³-hybridized carbons (Fsp3) is 0.438. The zero-order chi connectivity index (χ0) is 27.4. The number of aryl methyl sites for hydroxylation is 1. The van der Waals surface area contributed by atoms with Gasteiger partial charge in [0, 0.05) is 37.2 Å². The molecular weight excluding hydrogens is 529 g/mol. The number of carbonyl (C=O) groups is 1. The summed E-state index contributed by atoms with van der Waals surface area (Å²) in [5.41, 5.74) is 5.57. The second kappa shape index (κ2) is 13.5. The molecule has 1 saturated heterocycles. The number of carboxylic acid groups (broad SMARTS) is 1. The maximum absolute atomic E-state index is 14.0. The topological polar surface area (TPSA) is 67.6 Å². The summed E-state index contributed by atoms with van der Waals surface area (Å²) in [5, 5.41) is 14.2. The van der Waals surface area contributed by atoms with E-state index in [9.17, 15) is 14.3 Å². The Morgan fingerprint density at radius 3 is 2.52 bits per heavy atom. The molecule has 0 bridgehead atoms. The molecule has 1 aliphatic heterocycles. The van der Waals surface area contributed by atoms with E-state index in [-0.39, 0.29) is 30.1 Å². The summed E-state index contributed by atoms with van der Waals surface area (Å²) in [6, 6.07) is 17.3. The molecule has 2 heterocycles. The van der Waals surface area contributed by atoms with Gasteiger partial charge < -0.3 is 14.7 Å². The Kier molecular flexibility index (Phi) is 10.0. The third-order valence-electron chi connectivity index (χ3n) is 8.38. The molecule has 6 nitrogen and oxygen atoms in total. The monoisotopic (exact) mass is 567 g/mol. The number of hydrogen-bond donors (Lipinski definition) is 1. The van der Waals surface area contributed by atoms with Crippen LogP contribution >= 0.6 is 12.4 Å². The molecule has 1 N–H and O–H groups in total. The van der Waals surface area contributed by atoms with Crippen molar-refractivity contribution < 1.29 is 19.0 Å². The highest BCUT2D eigenvalue weighted by molar-refractivity contribution is 5.85. The lowest BCUT2D eigenvalue weighted by molar-refractivity contribution is -0.131. The van der Waals surface area contributed by atoms with Gasteiger partial charge in [0.1, 0.15) is 11.6 Å². The number of allylic oxidation sites excluding steroid dienone is 1. The second-order valence-corrected chi connectivity index (χ2v) is 10.9. The van der Waals surface area contributed by atoms with Crippen molar-refractivity contribution in [2.24, 2.45) is 5.92 Å². The van der Waals surface area contributed by atoms with Gasteiger partial charge in [0.25, 0.3) is 0 Å². The summed E-state index contributed by atoms with van der Waals surface area (Å²) in [6.45, 7) is 5.90. The number of hydrogen-bond acceptors (Lipinski definition) is 4. The van der Waals surface area contributed by atoms with Crippen molar-refractivity contribution in [1.82, 2.24) is 14.7 Å². The first-order chi connectivity index (χ1) is 18.9. The van der Waals surface area contributed by atoms with E-state index in [0.29, 0.717) is 12.3 Å². The van der Waals surface area contributed by atoms with Crippen LogP contribution in [0.3, 0.4) is 0 Å². The average molecular weight is 568 g/mol. The van der Waals surface area contributed by atoms with E-state index in [2.05, 4.69) is 34.7 Å². The summed E-state index contributed by atoms with van der Waals surface area (Å²) in [4.78, 5) is 13.9. The molecule has 40 heavy (non-hydrogen) atoms. The van der Waals surface area contributed by atoms with Crippen LogP contribution in [0.1, 0.15) is 67.0 Å². The first-order valence-electron chi connectivity index (χ1n) is 14.0. The summed E-state index contributed by atoms with van der Waals surface area (Å²) < 4.78 is 21.4. The van der Waals surface area contributed by atoms with Crippen LogP contribution in [0.4, 0.5) is 4.39 Å². The molecule has 2 atom stereocenters. The number of aromatic nitrogens is 2. The fourth-order valence-corrected chi connectivity index (χ4v) is 6.47. The molecular formula is C32H39ClFN3O3. The van der Waals surface area contributed by atoms with Gasteiger partial charge in [-0.05, 0) is 99.0 Å². The maximum Gasteiger partial charge on any atom is 0.328 e. The summed E-state index contributed by atoms with van der Waals surface area (Å²) in [7, 11) is 1.68. The number of halogens is 2. The highest BCUT2D eigenvalue weighted by Crippen LogP contribution is 2.44. The number of piperidine rings is 1. The average Bonchev–Trinajstić information content (AvgIpc) is 3.52. The van der Waals surface area contributed by atoms with Gasteiger partial charge in [0.2, 0.25) is 0 Å². The smallest absolute Gasteiger partial charge is 0.328 e. The highest BCUT2D eigenvalue weighted by Gasteiger charge is 2.34. The van der Waals surface area contributed by atoms with E-state index in [1.165, 1.54) is 23.4 Å². The number of methoxy groups -OCH3 is 1. The Labute approximate surface area is 242 Å². The number of likely N-dealkylation sites (tertiary alicyclic amines) is 1. The molecule has 0 amide bonds. The van der Waals surface area contributed by atoms with Crippen molar-refractivity contribution in [1.29, 1.82) is 0 Å². The van der Waals surface area contributed by atoms with Gasteiger partial charge in [-0.15, -0.1) is 12.4 Å². The lowest BCUT2D eigenvalue weighted by Crippen LogP contribution is -2.37. The minimum Gasteiger partial charge on any atom is -0.497 e. The van der Waals surface area contributed by atoms with Gasteiger partial charge in [-0.1, -0.05) is 29.8 Å². The number of rotatable bonds is 9. The third-order valence-corrected chi connectivity index (χ3v) is 8.38. The van der Waals surface area contributed by atoms with E-state index < -0.39 is 5.97 Å². The van der Waals surface area contributed by atoms with E-state index in [1.807, 2.05) is 18.2 Å². The SMILES string of the molecule is CCn1nc(Cc2ccc(OC)cc2)cc1C1CCN(CC2CC(=CC(=O)O)CC2c2cccc(F)c2)CC1.Cl. The van der Waals surface area contributed by atoms with Crippen LogP contribution in [-0.4, -0.2) is 52.5 Å². The second-order valence-electron chi connectivity index (χ2n) is 10.9. The minimum absolute atomic E-state index is 0. The molecule has 8 heteroatoms.